The van der Waals surface area contributed by atoms with E-state index in [9.17, 15) is 0 Å². The van der Waals surface area contributed by atoms with Crippen LogP contribution in [0.2, 0.25) is 0 Å². The standard InChI is InChI=1S/C20H22N2OS/c1-23-17-6-4-5-15(13-17)14-22-11-9-16(10-12-22)20-21-18-7-2-3-8-19(18)24-20/h2-8,13,16H,9-12,14H2,1H3/p+1. The number of thiazole rings is 1. The summed E-state index contributed by atoms with van der Waals surface area (Å²) in [6, 6.07) is 16.9. The minimum absolute atomic E-state index is 0.636. The second-order valence-corrected chi connectivity index (χ2v) is 7.63. The number of hydrogen-bond donors (Lipinski definition) is 1. The SMILES string of the molecule is COc1cccc(C[NH+]2CCC(c3nc4ccccc4s3)CC2)c1. The molecule has 4 heteroatoms. The van der Waals surface area contributed by atoms with Gasteiger partial charge in [0, 0.05) is 24.3 Å². The molecule has 2 aromatic carbocycles. The van der Waals surface area contributed by atoms with Gasteiger partial charge < -0.3 is 9.64 Å². The molecule has 1 fully saturated rings. The van der Waals surface area contributed by atoms with Crippen molar-refractivity contribution >= 4 is 21.6 Å². The number of fused-ring (bicyclic) bond motifs is 1. The molecular formula is C20H23N2OS+. The first kappa shape index (κ1) is 15.6. The Labute approximate surface area is 146 Å². The lowest BCUT2D eigenvalue weighted by atomic mass is 9.97. The maximum absolute atomic E-state index is 5.33. The van der Waals surface area contributed by atoms with E-state index in [-0.39, 0.29) is 0 Å². The number of para-hydroxylation sites is 1. The largest absolute Gasteiger partial charge is 0.497 e. The van der Waals surface area contributed by atoms with Gasteiger partial charge in [0.2, 0.25) is 0 Å². The minimum atomic E-state index is 0.636. The minimum Gasteiger partial charge on any atom is -0.497 e. The Hall–Kier alpha value is -1.91. The Morgan fingerprint density at radius 1 is 1.12 bits per heavy atom. The highest BCUT2D eigenvalue weighted by Gasteiger charge is 2.25. The lowest BCUT2D eigenvalue weighted by molar-refractivity contribution is -0.919. The summed E-state index contributed by atoms with van der Waals surface area (Å²) in [5, 5.41) is 1.33. The number of benzene rings is 2. The number of aromatic nitrogens is 1. The molecule has 0 atom stereocenters. The summed E-state index contributed by atoms with van der Waals surface area (Å²) in [4.78, 5) is 6.53. The molecule has 0 unspecified atom stereocenters. The number of nitrogens with one attached hydrogen (secondary N) is 1. The lowest BCUT2D eigenvalue weighted by Crippen LogP contribution is -3.11. The van der Waals surface area contributed by atoms with E-state index in [2.05, 4.69) is 42.5 Å². The average Bonchev–Trinajstić information content (AvgIpc) is 3.06. The summed E-state index contributed by atoms with van der Waals surface area (Å²) in [6.45, 7) is 3.53. The van der Waals surface area contributed by atoms with Crippen LogP contribution in [0.4, 0.5) is 0 Å². The van der Waals surface area contributed by atoms with Gasteiger partial charge in [0.25, 0.3) is 0 Å². The summed E-state index contributed by atoms with van der Waals surface area (Å²) in [6.07, 6.45) is 2.47. The third kappa shape index (κ3) is 3.30. The smallest absolute Gasteiger partial charge is 0.119 e. The van der Waals surface area contributed by atoms with Crippen LogP contribution >= 0.6 is 11.3 Å². The van der Waals surface area contributed by atoms with E-state index in [1.807, 2.05) is 17.4 Å². The molecule has 2 heterocycles. The topological polar surface area (TPSA) is 26.6 Å². The Bertz CT molecular complexity index is 788. The van der Waals surface area contributed by atoms with Crippen molar-refractivity contribution in [1.82, 2.24) is 4.98 Å². The number of ether oxygens (including phenoxy) is 1. The molecule has 0 spiro atoms. The van der Waals surface area contributed by atoms with Crippen LogP contribution in [-0.4, -0.2) is 25.2 Å². The fourth-order valence-electron chi connectivity index (χ4n) is 3.59. The maximum Gasteiger partial charge on any atom is 0.119 e. The highest BCUT2D eigenvalue weighted by molar-refractivity contribution is 7.18. The average molecular weight is 339 g/mol. The molecule has 3 nitrogen and oxygen atoms in total. The third-order valence-corrected chi connectivity index (χ3v) is 6.14. The predicted molar refractivity (Wildman–Crippen MR) is 99.0 cm³/mol. The molecule has 1 aliphatic rings. The van der Waals surface area contributed by atoms with Crippen LogP contribution in [0.3, 0.4) is 0 Å². The van der Waals surface area contributed by atoms with E-state index in [0.717, 1.165) is 17.8 Å². The van der Waals surface area contributed by atoms with Crippen LogP contribution in [0.5, 0.6) is 5.75 Å². The summed E-state index contributed by atoms with van der Waals surface area (Å²) in [5.41, 5.74) is 2.52. The third-order valence-electron chi connectivity index (χ3n) is 4.94. The zero-order valence-electron chi connectivity index (χ0n) is 14.0. The normalized spacial score (nSPS) is 21.0. The molecule has 1 saturated heterocycles. The molecule has 0 radical (unpaired) electrons. The molecule has 0 aliphatic carbocycles. The number of likely N-dealkylation sites (tertiary alicyclic amines) is 1. The fraction of sp³-hybridized carbons (Fsp3) is 0.350. The molecule has 0 saturated carbocycles. The van der Waals surface area contributed by atoms with Gasteiger partial charge in [-0.25, -0.2) is 4.98 Å². The molecule has 1 aromatic heterocycles. The molecule has 0 amide bonds. The molecule has 24 heavy (non-hydrogen) atoms. The Kier molecular flexibility index (Phi) is 4.50. The number of hydrogen-bond acceptors (Lipinski definition) is 3. The van der Waals surface area contributed by atoms with Gasteiger partial charge in [-0.1, -0.05) is 24.3 Å². The van der Waals surface area contributed by atoms with Crippen molar-refractivity contribution in [3.63, 3.8) is 0 Å². The second kappa shape index (κ2) is 6.91. The van der Waals surface area contributed by atoms with Crippen molar-refractivity contribution in [3.8, 4) is 5.75 Å². The predicted octanol–water partition coefficient (Wildman–Crippen LogP) is 3.27. The molecule has 0 bridgehead atoms. The summed E-state index contributed by atoms with van der Waals surface area (Å²) >= 11 is 1.88. The van der Waals surface area contributed by atoms with Gasteiger partial charge >= 0.3 is 0 Å². The molecule has 124 valence electrons. The van der Waals surface area contributed by atoms with Gasteiger partial charge in [-0.15, -0.1) is 11.3 Å². The highest BCUT2D eigenvalue weighted by Crippen LogP contribution is 2.31. The van der Waals surface area contributed by atoms with Crippen molar-refractivity contribution in [3.05, 3.63) is 59.1 Å². The van der Waals surface area contributed by atoms with Gasteiger partial charge in [0.05, 0.1) is 35.4 Å². The monoisotopic (exact) mass is 339 g/mol. The van der Waals surface area contributed by atoms with E-state index in [0.29, 0.717) is 5.92 Å². The Morgan fingerprint density at radius 3 is 2.75 bits per heavy atom. The van der Waals surface area contributed by atoms with Crippen LogP contribution in [0.25, 0.3) is 10.2 Å². The van der Waals surface area contributed by atoms with E-state index in [1.54, 1.807) is 12.0 Å². The number of quaternary nitrogens is 1. The molecule has 1 N–H and O–H groups in total. The van der Waals surface area contributed by atoms with Crippen molar-refractivity contribution in [2.75, 3.05) is 20.2 Å². The summed E-state index contributed by atoms with van der Waals surface area (Å²) in [7, 11) is 1.73. The first-order chi connectivity index (χ1) is 11.8. The maximum atomic E-state index is 5.33. The van der Waals surface area contributed by atoms with Gasteiger partial charge in [-0.3, -0.25) is 0 Å². The van der Waals surface area contributed by atoms with Crippen molar-refractivity contribution in [2.24, 2.45) is 0 Å². The molecule has 4 rings (SSSR count). The van der Waals surface area contributed by atoms with Crippen LogP contribution in [0, 0.1) is 0 Å². The summed E-state index contributed by atoms with van der Waals surface area (Å²) in [5.74, 6) is 1.59. The van der Waals surface area contributed by atoms with E-state index in [1.165, 1.54) is 41.2 Å². The van der Waals surface area contributed by atoms with E-state index < -0.39 is 0 Å². The van der Waals surface area contributed by atoms with E-state index >= 15 is 0 Å². The lowest BCUT2D eigenvalue weighted by Gasteiger charge is -2.28. The van der Waals surface area contributed by atoms with Gasteiger partial charge in [-0.2, -0.15) is 0 Å². The number of nitrogens with zero attached hydrogens (tertiary/aromatic N) is 1. The number of rotatable bonds is 4. The van der Waals surface area contributed by atoms with Gasteiger partial charge in [0.1, 0.15) is 12.3 Å². The highest BCUT2D eigenvalue weighted by atomic mass is 32.1. The van der Waals surface area contributed by atoms with Gasteiger partial charge in [0.15, 0.2) is 0 Å². The summed E-state index contributed by atoms with van der Waals surface area (Å²) < 4.78 is 6.65. The first-order valence-corrected chi connectivity index (χ1v) is 9.45. The Morgan fingerprint density at radius 2 is 1.96 bits per heavy atom. The number of methoxy groups -OCH3 is 1. The molecule has 3 aromatic rings. The fourth-order valence-corrected chi connectivity index (χ4v) is 4.72. The van der Waals surface area contributed by atoms with Crippen LogP contribution in [0.1, 0.15) is 29.3 Å². The van der Waals surface area contributed by atoms with Gasteiger partial charge in [-0.05, 0) is 24.3 Å². The first-order valence-electron chi connectivity index (χ1n) is 8.64. The Balaban J connectivity index is 1.39. The molecular weight excluding hydrogens is 316 g/mol. The van der Waals surface area contributed by atoms with Crippen LogP contribution < -0.4 is 9.64 Å². The van der Waals surface area contributed by atoms with Crippen LogP contribution in [0.15, 0.2) is 48.5 Å². The van der Waals surface area contributed by atoms with Crippen LogP contribution in [-0.2, 0) is 6.54 Å². The van der Waals surface area contributed by atoms with Crippen molar-refractivity contribution in [1.29, 1.82) is 0 Å². The number of piperidine rings is 1. The quantitative estimate of drug-likeness (QED) is 0.790. The second-order valence-electron chi connectivity index (χ2n) is 6.57. The van der Waals surface area contributed by atoms with Crippen molar-refractivity contribution < 1.29 is 9.64 Å². The zero-order valence-corrected chi connectivity index (χ0v) is 14.8. The zero-order chi connectivity index (χ0) is 16.4. The molecule has 1 aliphatic heterocycles. The van der Waals surface area contributed by atoms with E-state index in [4.69, 9.17) is 9.72 Å². The van der Waals surface area contributed by atoms with Crippen molar-refractivity contribution in [2.45, 2.75) is 25.3 Å².